The van der Waals surface area contributed by atoms with E-state index in [0.717, 1.165) is 6.26 Å². The minimum Gasteiger partial charge on any atom is -0.480 e. The van der Waals surface area contributed by atoms with Gasteiger partial charge in [0.25, 0.3) is 0 Å². The first kappa shape index (κ1) is 14.6. The lowest BCUT2D eigenvalue weighted by Crippen LogP contribution is -2.25. The Bertz CT molecular complexity index is 559. The molecule has 8 heteroatoms. The van der Waals surface area contributed by atoms with Gasteiger partial charge in [-0.15, -0.1) is 0 Å². The molecule has 0 saturated heterocycles. The maximum atomic E-state index is 11.0. The first-order valence-electron chi connectivity index (χ1n) is 4.96. The van der Waals surface area contributed by atoms with Gasteiger partial charge in [-0.25, -0.2) is 8.42 Å². The molecule has 1 rings (SSSR count). The summed E-state index contributed by atoms with van der Waals surface area (Å²) in [6, 6.07) is 3.68. The maximum Gasteiger partial charge on any atom is 0.325 e. The summed E-state index contributed by atoms with van der Waals surface area (Å²) in [5.74, 6) is -0.996. The van der Waals surface area contributed by atoms with Gasteiger partial charge in [-0.05, 0) is 25.1 Å². The van der Waals surface area contributed by atoms with Gasteiger partial charge in [0.2, 0.25) is 10.0 Å². The highest BCUT2D eigenvalue weighted by atomic mass is 35.5. The average Bonchev–Trinajstić information content (AvgIpc) is 2.20. The number of halogens is 1. The minimum atomic E-state index is -3.40. The van der Waals surface area contributed by atoms with E-state index < -0.39 is 22.0 Å². The lowest BCUT2D eigenvalue weighted by molar-refractivity contribution is -0.137. The molecule has 1 atom stereocenters. The maximum absolute atomic E-state index is 11.0. The zero-order valence-electron chi connectivity index (χ0n) is 9.77. The molecule has 1 aromatic carbocycles. The summed E-state index contributed by atoms with van der Waals surface area (Å²) in [5.41, 5.74) is 0.738. The van der Waals surface area contributed by atoms with Gasteiger partial charge in [-0.2, -0.15) is 0 Å². The van der Waals surface area contributed by atoms with Crippen molar-refractivity contribution in [2.75, 3.05) is 16.3 Å². The Kier molecular flexibility index (Phi) is 4.42. The lowest BCUT2D eigenvalue weighted by Gasteiger charge is -2.12. The van der Waals surface area contributed by atoms with Crippen LogP contribution in [-0.2, 0) is 14.8 Å². The molecule has 6 nitrogen and oxygen atoms in total. The van der Waals surface area contributed by atoms with E-state index in [-0.39, 0.29) is 10.7 Å². The van der Waals surface area contributed by atoms with Crippen LogP contribution in [0.25, 0.3) is 0 Å². The number of nitrogens with one attached hydrogen (secondary N) is 2. The Labute approximate surface area is 110 Å². The van der Waals surface area contributed by atoms with Crippen molar-refractivity contribution in [3.63, 3.8) is 0 Å². The molecule has 1 aromatic rings. The van der Waals surface area contributed by atoms with Crippen LogP contribution in [0, 0.1) is 0 Å². The quantitative estimate of drug-likeness (QED) is 0.766. The van der Waals surface area contributed by atoms with Gasteiger partial charge < -0.3 is 10.4 Å². The Morgan fingerprint density at radius 1 is 1.44 bits per heavy atom. The third-order valence-electron chi connectivity index (χ3n) is 2.02. The summed E-state index contributed by atoms with van der Waals surface area (Å²) < 4.78 is 24.3. The molecule has 0 bridgehead atoms. The number of carboxylic acids is 1. The van der Waals surface area contributed by atoms with Gasteiger partial charge in [0.05, 0.1) is 17.0 Å². The topological polar surface area (TPSA) is 95.5 Å². The van der Waals surface area contributed by atoms with E-state index in [0.29, 0.717) is 5.69 Å². The average molecular weight is 293 g/mol. The van der Waals surface area contributed by atoms with Crippen LogP contribution in [0.5, 0.6) is 0 Å². The van der Waals surface area contributed by atoms with Crippen molar-refractivity contribution >= 4 is 39.0 Å². The molecule has 0 aromatic heterocycles. The highest BCUT2D eigenvalue weighted by Crippen LogP contribution is 2.26. The van der Waals surface area contributed by atoms with Crippen molar-refractivity contribution in [3.8, 4) is 0 Å². The molecule has 0 aliphatic heterocycles. The molecule has 0 aliphatic rings. The Hall–Kier alpha value is -1.47. The Balaban J connectivity index is 2.89. The molecule has 0 aliphatic carbocycles. The Morgan fingerprint density at radius 2 is 2.06 bits per heavy atom. The molecule has 3 N–H and O–H groups in total. The summed E-state index contributed by atoms with van der Waals surface area (Å²) >= 11 is 5.88. The molecule has 0 radical (unpaired) electrons. The van der Waals surface area contributed by atoms with Gasteiger partial charge in [0.15, 0.2) is 0 Å². The predicted molar refractivity (Wildman–Crippen MR) is 70.6 cm³/mol. The molecule has 1 unspecified atom stereocenters. The molecule has 0 fully saturated rings. The van der Waals surface area contributed by atoms with Gasteiger partial charge in [0, 0.05) is 5.69 Å². The van der Waals surface area contributed by atoms with E-state index in [1.54, 1.807) is 6.07 Å². The van der Waals surface area contributed by atoms with E-state index in [2.05, 4.69) is 10.0 Å². The highest BCUT2D eigenvalue weighted by Gasteiger charge is 2.12. The molecular formula is C10H13ClN2O4S. The number of benzene rings is 1. The van der Waals surface area contributed by atoms with Crippen LogP contribution < -0.4 is 10.0 Å². The van der Waals surface area contributed by atoms with E-state index in [1.165, 1.54) is 19.1 Å². The summed E-state index contributed by atoms with van der Waals surface area (Å²) in [6.07, 6.45) is 1.02. The van der Waals surface area contributed by atoms with Crippen molar-refractivity contribution in [3.05, 3.63) is 23.2 Å². The van der Waals surface area contributed by atoms with Gasteiger partial charge >= 0.3 is 5.97 Å². The zero-order valence-corrected chi connectivity index (χ0v) is 11.3. The largest absolute Gasteiger partial charge is 0.480 e. The SMILES string of the molecule is CC(Nc1ccc(NS(C)(=O)=O)c(Cl)c1)C(=O)O. The smallest absolute Gasteiger partial charge is 0.325 e. The fourth-order valence-electron chi connectivity index (χ4n) is 1.20. The van der Waals surface area contributed by atoms with Crippen molar-refractivity contribution in [2.45, 2.75) is 13.0 Å². The van der Waals surface area contributed by atoms with Crippen molar-refractivity contribution in [1.29, 1.82) is 0 Å². The summed E-state index contributed by atoms with van der Waals surface area (Å²) in [7, 11) is -3.40. The standard InChI is InChI=1S/C10H13ClN2O4S/c1-6(10(14)15)12-7-3-4-9(8(11)5-7)13-18(2,16)17/h3-6,12-13H,1-2H3,(H,14,15). The molecule has 100 valence electrons. The number of anilines is 2. The number of hydrogen-bond donors (Lipinski definition) is 3. The normalized spacial score (nSPS) is 12.8. The minimum absolute atomic E-state index is 0.183. The van der Waals surface area contributed by atoms with Gasteiger partial charge in [-0.1, -0.05) is 11.6 Å². The zero-order chi connectivity index (χ0) is 13.9. The second-order valence-corrected chi connectivity index (χ2v) is 5.93. The molecule has 0 amide bonds. The summed E-state index contributed by atoms with van der Waals surface area (Å²) in [4.78, 5) is 10.7. The van der Waals surface area contributed by atoms with Crippen LogP contribution >= 0.6 is 11.6 Å². The number of carbonyl (C=O) groups is 1. The fourth-order valence-corrected chi connectivity index (χ4v) is 2.06. The second-order valence-electron chi connectivity index (χ2n) is 3.77. The molecule has 0 heterocycles. The first-order valence-corrected chi connectivity index (χ1v) is 7.22. The second kappa shape index (κ2) is 5.45. The molecule has 0 saturated carbocycles. The van der Waals surface area contributed by atoms with Crippen LogP contribution in [0.1, 0.15) is 6.92 Å². The van der Waals surface area contributed by atoms with Crippen LogP contribution in [0.15, 0.2) is 18.2 Å². The van der Waals surface area contributed by atoms with Crippen LogP contribution in [0.4, 0.5) is 11.4 Å². The number of sulfonamides is 1. The first-order chi connectivity index (χ1) is 8.19. The fraction of sp³-hybridized carbons (Fsp3) is 0.300. The number of aliphatic carboxylic acids is 1. The van der Waals surface area contributed by atoms with Crippen LogP contribution in [0.3, 0.4) is 0 Å². The van der Waals surface area contributed by atoms with Crippen molar-refractivity contribution in [1.82, 2.24) is 0 Å². The third kappa shape index (κ3) is 4.42. The van der Waals surface area contributed by atoms with Crippen molar-refractivity contribution in [2.24, 2.45) is 0 Å². The molecular weight excluding hydrogens is 280 g/mol. The van der Waals surface area contributed by atoms with Crippen LogP contribution in [0.2, 0.25) is 5.02 Å². The summed E-state index contributed by atoms with van der Waals surface area (Å²) in [6.45, 7) is 1.49. The predicted octanol–water partition coefficient (Wildman–Crippen LogP) is 1.60. The lowest BCUT2D eigenvalue weighted by atomic mass is 10.2. The van der Waals surface area contributed by atoms with Gasteiger partial charge in [0.1, 0.15) is 6.04 Å². The summed E-state index contributed by atoms with van der Waals surface area (Å²) in [5, 5.41) is 11.6. The Morgan fingerprint density at radius 3 is 2.50 bits per heavy atom. The van der Waals surface area contributed by atoms with E-state index >= 15 is 0 Å². The van der Waals surface area contributed by atoms with E-state index in [1.807, 2.05) is 0 Å². The van der Waals surface area contributed by atoms with E-state index in [4.69, 9.17) is 16.7 Å². The highest BCUT2D eigenvalue weighted by molar-refractivity contribution is 7.92. The monoisotopic (exact) mass is 292 g/mol. The number of rotatable bonds is 5. The van der Waals surface area contributed by atoms with Crippen molar-refractivity contribution < 1.29 is 18.3 Å². The molecule has 18 heavy (non-hydrogen) atoms. The van der Waals surface area contributed by atoms with Gasteiger partial charge in [-0.3, -0.25) is 9.52 Å². The van der Waals surface area contributed by atoms with E-state index in [9.17, 15) is 13.2 Å². The third-order valence-corrected chi connectivity index (χ3v) is 2.92. The van der Waals surface area contributed by atoms with Crippen LogP contribution in [-0.4, -0.2) is 31.8 Å². The number of carboxylic acid groups (broad SMARTS) is 1. The molecule has 0 spiro atoms. The number of hydrogen-bond acceptors (Lipinski definition) is 4.